The average Bonchev–Trinajstić information content (AvgIpc) is 2.82. The smallest absolute Gasteiger partial charge is 0.230 e. The third-order valence-electron chi connectivity index (χ3n) is 5.36. The highest BCUT2D eigenvalue weighted by atomic mass is 16.5. The Morgan fingerprint density at radius 3 is 2.38 bits per heavy atom. The van der Waals surface area contributed by atoms with Crippen LogP contribution in [-0.2, 0) is 0 Å². The minimum absolute atomic E-state index is 0.169. The summed E-state index contributed by atoms with van der Waals surface area (Å²) in [6, 6.07) is 21.2. The summed E-state index contributed by atoms with van der Waals surface area (Å²) in [5.74, 6) is 3.47. The zero-order valence-corrected chi connectivity index (χ0v) is 18.4. The molecule has 0 amide bonds. The van der Waals surface area contributed by atoms with E-state index in [1.165, 1.54) is 5.56 Å². The van der Waals surface area contributed by atoms with Crippen LogP contribution in [-0.4, -0.2) is 22.4 Å². The predicted octanol–water partition coefficient (Wildman–Crippen LogP) is 5.97. The molecule has 158 valence electrons. The molecule has 0 fully saturated rings. The van der Waals surface area contributed by atoms with E-state index in [4.69, 9.17) is 16.1 Å². The van der Waals surface area contributed by atoms with Crippen molar-refractivity contribution < 1.29 is 9.53 Å². The van der Waals surface area contributed by atoms with Crippen LogP contribution in [0.2, 0.25) is 0 Å². The van der Waals surface area contributed by atoms with Crippen molar-refractivity contribution in [3.63, 3.8) is 0 Å². The number of nitrogens with zero attached hydrogens (tertiary/aromatic N) is 2. The highest BCUT2D eigenvalue weighted by Crippen LogP contribution is 2.30. The van der Waals surface area contributed by atoms with E-state index in [0.717, 1.165) is 16.5 Å². The lowest BCUT2D eigenvalue weighted by molar-refractivity contribution is 0.103. The van der Waals surface area contributed by atoms with Gasteiger partial charge >= 0.3 is 0 Å². The third kappa shape index (κ3) is 4.38. The molecule has 0 radical (unpaired) electrons. The topological polar surface area (TPSA) is 52.1 Å². The van der Waals surface area contributed by atoms with Gasteiger partial charge in [-0.25, -0.2) is 9.97 Å². The lowest BCUT2D eigenvalue weighted by Crippen LogP contribution is -2.09. The highest BCUT2D eigenvalue weighted by molar-refractivity contribution is 6.08. The van der Waals surface area contributed by atoms with Crippen molar-refractivity contribution in [3.05, 3.63) is 89.2 Å². The predicted molar refractivity (Wildman–Crippen MR) is 128 cm³/mol. The normalized spacial score (nSPS) is 10.8. The molecular formula is C28H24N2O2. The van der Waals surface area contributed by atoms with Crippen LogP contribution >= 0.6 is 0 Å². The molecule has 0 spiro atoms. The van der Waals surface area contributed by atoms with E-state index in [0.29, 0.717) is 28.4 Å². The van der Waals surface area contributed by atoms with Gasteiger partial charge in [0.2, 0.25) is 11.6 Å². The zero-order valence-electron chi connectivity index (χ0n) is 18.4. The number of carbonyl (C=O) groups is 1. The van der Waals surface area contributed by atoms with Crippen molar-refractivity contribution >= 4 is 16.7 Å². The Morgan fingerprint density at radius 1 is 1.00 bits per heavy atom. The number of aryl methyl sites for hydroxylation is 1. The van der Waals surface area contributed by atoms with E-state index < -0.39 is 0 Å². The number of ether oxygens (including phenoxy) is 1. The molecule has 4 heteroatoms. The van der Waals surface area contributed by atoms with Crippen LogP contribution in [0.1, 0.15) is 47.1 Å². The van der Waals surface area contributed by atoms with E-state index in [1.807, 2.05) is 67.6 Å². The molecule has 1 aromatic heterocycles. The number of ketones is 1. The second kappa shape index (κ2) is 9.03. The standard InChI is InChI=1S/C28H24N2O2/c1-5-16-32-23-14-15-25-24(17-23)26(21-8-6-19(4)7-9-21)30-28(29-25)27(31)22-12-10-20(11-13-22)18(2)3/h1,6-15,17-18H,16H2,2-4H3. The summed E-state index contributed by atoms with van der Waals surface area (Å²) < 4.78 is 5.59. The van der Waals surface area contributed by atoms with Crippen LogP contribution in [0.3, 0.4) is 0 Å². The monoisotopic (exact) mass is 420 g/mol. The Labute approximate surface area is 188 Å². The average molecular weight is 421 g/mol. The van der Waals surface area contributed by atoms with Crippen LogP contribution < -0.4 is 4.74 Å². The number of aromatic nitrogens is 2. The number of carbonyl (C=O) groups excluding carboxylic acids is 1. The number of benzene rings is 3. The fourth-order valence-corrected chi connectivity index (χ4v) is 3.50. The van der Waals surface area contributed by atoms with E-state index in [-0.39, 0.29) is 18.2 Å². The number of hydrogen-bond donors (Lipinski definition) is 0. The quantitative estimate of drug-likeness (QED) is 0.285. The molecule has 0 saturated heterocycles. The van der Waals surface area contributed by atoms with Crippen molar-refractivity contribution in [1.29, 1.82) is 0 Å². The van der Waals surface area contributed by atoms with Gasteiger partial charge in [-0.05, 0) is 36.6 Å². The number of fused-ring (bicyclic) bond motifs is 1. The summed E-state index contributed by atoms with van der Waals surface area (Å²) >= 11 is 0. The molecule has 0 unspecified atom stereocenters. The zero-order chi connectivity index (χ0) is 22.7. The van der Waals surface area contributed by atoms with Crippen LogP contribution in [0, 0.1) is 19.3 Å². The van der Waals surface area contributed by atoms with Crippen molar-refractivity contribution in [2.75, 3.05) is 6.61 Å². The largest absolute Gasteiger partial charge is 0.481 e. The maximum atomic E-state index is 13.2. The van der Waals surface area contributed by atoms with Gasteiger partial charge in [-0.15, -0.1) is 6.42 Å². The molecule has 0 bridgehead atoms. The molecule has 0 N–H and O–H groups in total. The number of rotatable bonds is 6. The van der Waals surface area contributed by atoms with E-state index in [1.54, 1.807) is 6.07 Å². The first-order chi connectivity index (χ1) is 15.5. The molecule has 0 aliphatic carbocycles. The van der Waals surface area contributed by atoms with Crippen molar-refractivity contribution in [2.24, 2.45) is 0 Å². The van der Waals surface area contributed by atoms with Gasteiger partial charge in [0, 0.05) is 16.5 Å². The first-order valence-electron chi connectivity index (χ1n) is 10.6. The van der Waals surface area contributed by atoms with Gasteiger partial charge in [-0.1, -0.05) is 73.9 Å². The Bertz CT molecular complexity index is 1310. The van der Waals surface area contributed by atoms with E-state index in [9.17, 15) is 4.79 Å². The second-order valence-corrected chi connectivity index (χ2v) is 8.04. The molecule has 1 heterocycles. The molecule has 32 heavy (non-hydrogen) atoms. The summed E-state index contributed by atoms with van der Waals surface area (Å²) in [6.07, 6.45) is 5.32. The summed E-state index contributed by atoms with van der Waals surface area (Å²) in [6.45, 7) is 6.45. The molecule has 0 atom stereocenters. The van der Waals surface area contributed by atoms with Crippen molar-refractivity contribution in [1.82, 2.24) is 9.97 Å². The van der Waals surface area contributed by atoms with Gasteiger partial charge in [0.15, 0.2) is 0 Å². The molecule has 4 aromatic rings. The fourth-order valence-electron chi connectivity index (χ4n) is 3.50. The maximum Gasteiger partial charge on any atom is 0.230 e. The van der Waals surface area contributed by atoms with Crippen LogP contribution in [0.25, 0.3) is 22.2 Å². The van der Waals surface area contributed by atoms with E-state index in [2.05, 4.69) is 24.8 Å². The molecule has 4 rings (SSSR count). The minimum atomic E-state index is -0.205. The molecule has 0 aliphatic rings. The Balaban J connectivity index is 1.84. The lowest BCUT2D eigenvalue weighted by Gasteiger charge is -2.11. The fraction of sp³-hybridized carbons (Fsp3) is 0.179. The van der Waals surface area contributed by atoms with Gasteiger partial charge in [-0.3, -0.25) is 4.79 Å². The van der Waals surface area contributed by atoms with Gasteiger partial charge in [0.05, 0.1) is 11.2 Å². The molecule has 0 aliphatic heterocycles. The summed E-state index contributed by atoms with van der Waals surface area (Å²) in [5, 5.41) is 0.801. The van der Waals surface area contributed by atoms with E-state index >= 15 is 0 Å². The Kier molecular flexibility index (Phi) is 6.00. The minimum Gasteiger partial charge on any atom is -0.481 e. The van der Waals surface area contributed by atoms with Crippen LogP contribution in [0.4, 0.5) is 0 Å². The van der Waals surface area contributed by atoms with Crippen LogP contribution in [0.5, 0.6) is 5.75 Å². The molecule has 3 aromatic carbocycles. The van der Waals surface area contributed by atoms with Gasteiger partial charge < -0.3 is 4.74 Å². The van der Waals surface area contributed by atoms with Crippen LogP contribution in [0.15, 0.2) is 66.7 Å². The van der Waals surface area contributed by atoms with Gasteiger partial charge in [0.1, 0.15) is 12.4 Å². The SMILES string of the molecule is C#CCOc1ccc2nc(C(=O)c3ccc(C(C)C)cc3)nc(-c3ccc(C)cc3)c2c1. The molecule has 4 nitrogen and oxygen atoms in total. The van der Waals surface area contributed by atoms with Gasteiger partial charge in [0.25, 0.3) is 0 Å². The molecule has 0 saturated carbocycles. The first-order valence-corrected chi connectivity index (χ1v) is 10.6. The summed E-state index contributed by atoms with van der Waals surface area (Å²) in [5.41, 5.74) is 5.15. The number of hydrogen-bond acceptors (Lipinski definition) is 4. The summed E-state index contributed by atoms with van der Waals surface area (Å²) in [7, 11) is 0. The maximum absolute atomic E-state index is 13.2. The number of terminal acetylenes is 1. The second-order valence-electron chi connectivity index (χ2n) is 8.04. The third-order valence-corrected chi connectivity index (χ3v) is 5.36. The Morgan fingerprint density at radius 2 is 1.72 bits per heavy atom. The highest BCUT2D eigenvalue weighted by Gasteiger charge is 2.18. The lowest BCUT2D eigenvalue weighted by atomic mass is 10.00. The van der Waals surface area contributed by atoms with Crippen molar-refractivity contribution in [3.8, 4) is 29.4 Å². The summed E-state index contributed by atoms with van der Waals surface area (Å²) in [4.78, 5) is 22.5. The molecular weight excluding hydrogens is 396 g/mol. The first kappa shape index (κ1) is 21.3. The van der Waals surface area contributed by atoms with Crippen molar-refractivity contribution in [2.45, 2.75) is 26.7 Å². The van der Waals surface area contributed by atoms with Gasteiger partial charge in [-0.2, -0.15) is 0 Å². The Hall–Kier alpha value is -3.97.